The van der Waals surface area contributed by atoms with Crippen LogP contribution in [0.2, 0.25) is 0 Å². The van der Waals surface area contributed by atoms with Crippen molar-refractivity contribution in [3.8, 4) is 0 Å². The zero-order valence-electron chi connectivity index (χ0n) is 11.7. The fraction of sp³-hybridized carbons (Fsp3) is 0.333. The summed E-state index contributed by atoms with van der Waals surface area (Å²) in [6, 6.07) is 2.72. The summed E-state index contributed by atoms with van der Waals surface area (Å²) in [7, 11) is -2.91. The molecule has 0 fully saturated rings. The standard InChI is InChI=1S/C12H17N3O5S/c1-3-6-14-12(17)15-21(18,19)10-5-4-8(7-9(10)13)11(16)20-2/h4-5,7H,3,6,13H2,1-2H3,(H2,14,15,17). The van der Waals surface area contributed by atoms with Crippen LogP contribution in [0.5, 0.6) is 0 Å². The van der Waals surface area contributed by atoms with Crippen molar-refractivity contribution >= 4 is 27.7 Å². The number of hydrogen-bond donors (Lipinski definition) is 3. The third kappa shape index (κ3) is 4.35. The number of sulfonamides is 1. The number of nitrogen functional groups attached to an aromatic ring is 1. The van der Waals surface area contributed by atoms with Crippen LogP contribution in [0.4, 0.5) is 10.5 Å². The summed E-state index contributed by atoms with van der Waals surface area (Å²) in [5.41, 5.74) is 5.57. The van der Waals surface area contributed by atoms with Crippen LogP contribution in [0.3, 0.4) is 0 Å². The Hall–Kier alpha value is -2.29. The molecular weight excluding hydrogens is 298 g/mol. The van der Waals surface area contributed by atoms with E-state index in [1.807, 2.05) is 11.6 Å². The van der Waals surface area contributed by atoms with Gasteiger partial charge in [0.25, 0.3) is 10.0 Å². The molecule has 8 nitrogen and oxygen atoms in total. The van der Waals surface area contributed by atoms with Crippen LogP contribution in [0.1, 0.15) is 23.7 Å². The highest BCUT2D eigenvalue weighted by Gasteiger charge is 2.21. The molecule has 21 heavy (non-hydrogen) atoms. The fourth-order valence-electron chi connectivity index (χ4n) is 1.49. The Balaban J connectivity index is 2.99. The van der Waals surface area contributed by atoms with E-state index in [-0.39, 0.29) is 16.1 Å². The number of methoxy groups -OCH3 is 1. The van der Waals surface area contributed by atoms with Gasteiger partial charge < -0.3 is 15.8 Å². The molecule has 1 aromatic carbocycles. The minimum absolute atomic E-state index is 0.115. The molecule has 0 aliphatic carbocycles. The minimum Gasteiger partial charge on any atom is -0.465 e. The second-order valence-electron chi connectivity index (χ2n) is 4.11. The SMILES string of the molecule is CCCNC(=O)NS(=O)(=O)c1ccc(C(=O)OC)cc1N. The van der Waals surface area contributed by atoms with E-state index in [1.165, 1.54) is 19.2 Å². The van der Waals surface area contributed by atoms with Crippen molar-refractivity contribution in [3.63, 3.8) is 0 Å². The van der Waals surface area contributed by atoms with Gasteiger partial charge in [-0.3, -0.25) is 0 Å². The van der Waals surface area contributed by atoms with Crippen LogP contribution in [0.25, 0.3) is 0 Å². The summed E-state index contributed by atoms with van der Waals surface area (Å²) in [5, 5.41) is 2.37. The van der Waals surface area contributed by atoms with Crippen LogP contribution < -0.4 is 15.8 Å². The molecule has 0 radical (unpaired) electrons. The van der Waals surface area contributed by atoms with Crippen LogP contribution in [-0.2, 0) is 14.8 Å². The van der Waals surface area contributed by atoms with E-state index in [0.29, 0.717) is 13.0 Å². The molecule has 0 bridgehead atoms. The zero-order valence-corrected chi connectivity index (χ0v) is 12.5. The monoisotopic (exact) mass is 315 g/mol. The number of carbonyl (C=O) groups excluding carboxylic acids is 2. The summed E-state index contributed by atoms with van der Waals surface area (Å²) >= 11 is 0. The van der Waals surface area contributed by atoms with E-state index in [4.69, 9.17) is 5.73 Å². The number of anilines is 1. The summed E-state index contributed by atoms with van der Waals surface area (Å²) in [5.74, 6) is -0.640. The molecule has 0 aromatic heterocycles. The Kier molecular flexibility index (Phi) is 5.53. The number of amides is 2. The van der Waals surface area contributed by atoms with Gasteiger partial charge in [-0.15, -0.1) is 0 Å². The van der Waals surface area contributed by atoms with E-state index < -0.39 is 22.0 Å². The maximum atomic E-state index is 12.0. The van der Waals surface area contributed by atoms with Crippen LogP contribution in [0.15, 0.2) is 23.1 Å². The highest BCUT2D eigenvalue weighted by molar-refractivity contribution is 7.90. The van der Waals surface area contributed by atoms with Crippen molar-refractivity contribution in [2.24, 2.45) is 0 Å². The summed E-state index contributed by atoms with van der Waals surface area (Å²) in [6.07, 6.45) is 0.670. The van der Waals surface area contributed by atoms with Gasteiger partial charge in [0.2, 0.25) is 0 Å². The molecule has 2 amide bonds. The molecule has 1 aromatic rings. The summed E-state index contributed by atoms with van der Waals surface area (Å²) < 4.78 is 30.4. The van der Waals surface area contributed by atoms with Crippen molar-refractivity contribution in [3.05, 3.63) is 23.8 Å². The minimum atomic E-state index is -4.11. The van der Waals surface area contributed by atoms with Gasteiger partial charge in [0.05, 0.1) is 18.4 Å². The molecule has 0 unspecified atom stereocenters. The number of benzene rings is 1. The van der Waals surface area contributed by atoms with Gasteiger partial charge in [-0.25, -0.2) is 22.7 Å². The van der Waals surface area contributed by atoms with E-state index >= 15 is 0 Å². The molecule has 0 atom stereocenters. The van der Waals surface area contributed by atoms with Crippen molar-refractivity contribution in [2.45, 2.75) is 18.2 Å². The van der Waals surface area contributed by atoms with Gasteiger partial charge in [0.1, 0.15) is 4.90 Å². The number of esters is 1. The smallest absolute Gasteiger partial charge is 0.337 e. The maximum absolute atomic E-state index is 12.0. The molecule has 1 rings (SSSR count). The number of ether oxygens (including phenoxy) is 1. The molecule has 0 saturated heterocycles. The average molecular weight is 315 g/mol. The van der Waals surface area contributed by atoms with Crippen molar-refractivity contribution in [1.29, 1.82) is 0 Å². The predicted octanol–water partition coefficient (Wildman–Crippen LogP) is 0.453. The lowest BCUT2D eigenvalue weighted by Gasteiger charge is -2.10. The third-order valence-corrected chi connectivity index (χ3v) is 3.89. The van der Waals surface area contributed by atoms with Crippen molar-refractivity contribution < 1.29 is 22.7 Å². The molecule has 116 valence electrons. The van der Waals surface area contributed by atoms with Gasteiger partial charge >= 0.3 is 12.0 Å². The van der Waals surface area contributed by atoms with E-state index in [2.05, 4.69) is 10.1 Å². The fourth-order valence-corrected chi connectivity index (χ4v) is 2.53. The maximum Gasteiger partial charge on any atom is 0.337 e. The number of rotatable bonds is 5. The lowest BCUT2D eigenvalue weighted by atomic mass is 10.2. The molecule has 0 heterocycles. The number of nitrogens with two attached hydrogens (primary N) is 1. The van der Waals surface area contributed by atoms with Gasteiger partial charge in [0.15, 0.2) is 0 Å². The Labute approximate surface area is 122 Å². The first kappa shape index (κ1) is 16.8. The number of hydrogen-bond acceptors (Lipinski definition) is 6. The topological polar surface area (TPSA) is 128 Å². The highest BCUT2D eigenvalue weighted by Crippen LogP contribution is 2.20. The van der Waals surface area contributed by atoms with E-state index in [1.54, 1.807) is 0 Å². The second-order valence-corrected chi connectivity index (χ2v) is 5.76. The Bertz CT molecular complexity index is 642. The molecule has 4 N–H and O–H groups in total. The lowest BCUT2D eigenvalue weighted by Crippen LogP contribution is -2.39. The number of urea groups is 1. The quantitative estimate of drug-likeness (QED) is 0.535. The first-order chi connectivity index (χ1) is 9.81. The lowest BCUT2D eigenvalue weighted by molar-refractivity contribution is 0.0600. The molecular formula is C12H17N3O5S. The number of carbonyl (C=O) groups is 2. The van der Waals surface area contributed by atoms with E-state index in [9.17, 15) is 18.0 Å². The molecule has 0 aliphatic heterocycles. The Morgan fingerprint density at radius 1 is 1.33 bits per heavy atom. The third-order valence-electron chi connectivity index (χ3n) is 2.48. The first-order valence-electron chi connectivity index (χ1n) is 6.10. The summed E-state index contributed by atoms with van der Waals surface area (Å²) in [4.78, 5) is 22.4. The second kappa shape index (κ2) is 6.93. The van der Waals surface area contributed by atoms with Gasteiger partial charge in [-0.05, 0) is 24.6 Å². The van der Waals surface area contributed by atoms with Crippen molar-refractivity contribution in [1.82, 2.24) is 10.0 Å². The largest absolute Gasteiger partial charge is 0.465 e. The Morgan fingerprint density at radius 3 is 2.52 bits per heavy atom. The first-order valence-corrected chi connectivity index (χ1v) is 7.58. The Morgan fingerprint density at radius 2 is 2.00 bits per heavy atom. The molecule has 0 spiro atoms. The van der Waals surface area contributed by atoms with Crippen LogP contribution in [-0.4, -0.2) is 34.1 Å². The van der Waals surface area contributed by atoms with E-state index in [0.717, 1.165) is 6.07 Å². The summed E-state index contributed by atoms with van der Waals surface area (Å²) in [6.45, 7) is 2.18. The molecule has 9 heteroatoms. The molecule has 0 aliphatic rings. The van der Waals surface area contributed by atoms with Gasteiger partial charge in [0, 0.05) is 6.54 Å². The van der Waals surface area contributed by atoms with Gasteiger partial charge in [-0.1, -0.05) is 6.92 Å². The normalized spacial score (nSPS) is 10.8. The zero-order chi connectivity index (χ0) is 16.0. The van der Waals surface area contributed by atoms with Crippen LogP contribution in [0, 0.1) is 0 Å². The van der Waals surface area contributed by atoms with Gasteiger partial charge in [-0.2, -0.15) is 0 Å². The average Bonchev–Trinajstić information content (AvgIpc) is 2.43. The number of nitrogens with one attached hydrogen (secondary N) is 2. The highest BCUT2D eigenvalue weighted by atomic mass is 32.2. The van der Waals surface area contributed by atoms with Crippen molar-refractivity contribution in [2.75, 3.05) is 19.4 Å². The molecule has 0 saturated carbocycles. The van der Waals surface area contributed by atoms with Crippen LogP contribution >= 0.6 is 0 Å². The predicted molar refractivity (Wildman–Crippen MR) is 76.2 cm³/mol.